The number of benzene rings is 1. The Morgan fingerprint density at radius 3 is 2.74 bits per heavy atom. The van der Waals surface area contributed by atoms with Gasteiger partial charge in [-0.15, -0.1) is 0 Å². The van der Waals surface area contributed by atoms with E-state index >= 15 is 0 Å². The molecule has 166 valence electrons. The third kappa shape index (κ3) is 4.16. The van der Waals surface area contributed by atoms with Crippen LogP contribution in [0, 0.1) is 12.8 Å². The maximum Gasteiger partial charge on any atom is 0.325 e. The SMILES string of the molecule is CCC1CCC2(CC1)NC(=O)N(CC(=O)NCCCn1c(C)nc3ccccc31)C2=O. The summed E-state index contributed by atoms with van der Waals surface area (Å²) < 4.78 is 2.13. The normalized spacial score (nSPS) is 23.5. The molecule has 1 aromatic heterocycles. The highest BCUT2D eigenvalue weighted by atomic mass is 16.2. The molecule has 1 aliphatic heterocycles. The van der Waals surface area contributed by atoms with Gasteiger partial charge in [0.15, 0.2) is 0 Å². The van der Waals surface area contributed by atoms with Crippen molar-refractivity contribution in [2.45, 2.75) is 64.5 Å². The second-order valence-electron chi connectivity index (χ2n) is 8.76. The Balaban J connectivity index is 1.27. The minimum atomic E-state index is -0.803. The monoisotopic (exact) mass is 425 g/mol. The van der Waals surface area contributed by atoms with Crippen molar-refractivity contribution >= 4 is 28.9 Å². The Morgan fingerprint density at radius 1 is 1.26 bits per heavy atom. The van der Waals surface area contributed by atoms with Gasteiger partial charge in [0, 0.05) is 13.1 Å². The fourth-order valence-corrected chi connectivity index (χ4v) is 4.88. The molecule has 2 fully saturated rings. The van der Waals surface area contributed by atoms with Crippen LogP contribution in [0.15, 0.2) is 24.3 Å². The molecular weight excluding hydrogens is 394 g/mol. The van der Waals surface area contributed by atoms with Crippen molar-refractivity contribution in [1.82, 2.24) is 25.1 Å². The lowest BCUT2D eigenvalue weighted by atomic mass is 9.75. The Hall–Kier alpha value is -2.90. The highest BCUT2D eigenvalue weighted by Gasteiger charge is 2.52. The minimum absolute atomic E-state index is 0.226. The van der Waals surface area contributed by atoms with Gasteiger partial charge in [-0.1, -0.05) is 25.5 Å². The molecule has 31 heavy (non-hydrogen) atoms. The summed E-state index contributed by atoms with van der Waals surface area (Å²) in [5.74, 6) is 0.997. The number of rotatable bonds is 7. The second-order valence-corrected chi connectivity index (χ2v) is 8.76. The number of nitrogens with one attached hydrogen (secondary N) is 2. The summed E-state index contributed by atoms with van der Waals surface area (Å²) >= 11 is 0. The molecule has 4 amide bonds. The summed E-state index contributed by atoms with van der Waals surface area (Å²) in [5, 5.41) is 5.72. The first kappa shape index (κ1) is 21.3. The molecule has 1 aromatic carbocycles. The van der Waals surface area contributed by atoms with Crippen LogP contribution in [0.4, 0.5) is 4.79 Å². The number of nitrogens with zero attached hydrogens (tertiary/aromatic N) is 3. The molecule has 0 bridgehead atoms. The number of hydrogen-bond donors (Lipinski definition) is 2. The molecule has 4 rings (SSSR count). The van der Waals surface area contributed by atoms with Crippen LogP contribution < -0.4 is 10.6 Å². The van der Waals surface area contributed by atoms with Crippen LogP contribution >= 0.6 is 0 Å². The number of aromatic nitrogens is 2. The molecule has 2 aromatic rings. The van der Waals surface area contributed by atoms with Crippen molar-refractivity contribution in [2.75, 3.05) is 13.1 Å². The molecule has 2 aliphatic rings. The van der Waals surface area contributed by atoms with Crippen molar-refractivity contribution in [2.24, 2.45) is 5.92 Å². The summed E-state index contributed by atoms with van der Waals surface area (Å²) in [6.07, 6.45) is 5.02. The van der Waals surface area contributed by atoms with Crippen LogP contribution in [-0.4, -0.2) is 50.9 Å². The average molecular weight is 426 g/mol. The predicted octanol–water partition coefficient (Wildman–Crippen LogP) is 2.74. The van der Waals surface area contributed by atoms with Gasteiger partial charge >= 0.3 is 6.03 Å². The number of amides is 4. The maximum atomic E-state index is 12.9. The number of imide groups is 1. The summed E-state index contributed by atoms with van der Waals surface area (Å²) in [6, 6.07) is 7.53. The number of imidazole rings is 1. The van der Waals surface area contributed by atoms with Gasteiger partial charge < -0.3 is 15.2 Å². The first-order valence-corrected chi connectivity index (χ1v) is 11.3. The van der Waals surface area contributed by atoms with Crippen LogP contribution in [0.3, 0.4) is 0 Å². The zero-order chi connectivity index (χ0) is 22.0. The molecule has 8 nitrogen and oxygen atoms in total. The fraction of sp³-hybridized carbons (Fsp3) is 0.565. The zero-order valence-electron chi connectivity index (χ0n) is 18.3. The Kier molecular flexibility index (Phi) is 5.98. The van der Waals surface area contributed by atoms with Gasteiger partial charge in [-0.05, 0) is 57.1 Å². The van der Waals surface area contributed by atoms with E-state index in [1.54, 1.807) is 0 Å². The van der Waals surface area contributed by atoms with Gasteiger partial charge in [-0.2, -0.15) is 0 Å². The Labute approximate surface area is 182 Å². The van der Waals surface area contributed by atoms with E-state index in [2.05, 4.69) is 27.1 Å². The number of urea groups is 1. The minimum Gasteiger partial charge on any atom is -0.354 e. The standard InChI is InChI=1S/C23H31N5O3/c1-3-17-9-11-23(12-10-17)21(30)28(22(31)26-23)15-20(29)24-13-6-14-27-16(2)25-18-7-4-5-8-19(18)27/h4-5,7-8,17H,3,6,9-15H2,1-2H3,(H,24,29)(H,26,31). The first-order chi connectivity index (χ1) is 14.9. The summed E-state index contributed by atoms with van der Waals surface area (Å²) in [4.78, 5) is 43.3. The van der Waals surface area contributed by atoms with Crippen LogP contribution in [0.2, 0.25) is 0 Å². The fourth-order valence-electron chi connectivity index (χ4n) is 4.88. The van der Waals surface area contributed by atoms with Crippen LogP contribution in [0.25, 0.3) is 11.0 Å². The Morgan fingerprint density at radius 2 is 2.00 bits per heavy atom. The number of para-hydroxylation sites is 2. The lowest BCUT2D eigenvalue weighted by Gasteiger charge is -2.34. The van der Waals surface area contributed by atoms with Crippen LogP contribution in [-0.2, 0) is 16.1 Å². The van der Waals surface area contributed by atoms with E-state index in [4.69, 9.17) is 0 Å². The molecule has 0 unspecified atom stereocenters. The maximum absolute atomic E-state index is 12.9. The van der Waals surface area contributed by atoms with E-state index in [0.29, 0.717) is 25.3 Å². The molecule has 2 heterocycles. The molecular formula is C23H31N5O3. The van der Waals surface area contributed by atoms with Crippen molar-refractivity contribution < 1.29 is 14.4 Å². The van der Waals surface area contributed by atoms with Crippen LogP contribution in [0.1, 0.15) is 51.3 Å². The van der Waals surface area contributed by atoms with E-state index in [1.165, 1.54) is 0 Å². The third-order valence-electron chi connectivity index (χ3n) is 6.81. The molecule has 8 heteroatoms. The summed E-state index contributed by atoms with van der Waals surface area (Å²) in [7, 11) is 0. The average Bonchev–Trinajstić information content (AvgIpc) is 3.20. The highest BCUT2D eigenvalue weighted by Crippen LogP contribution is 2.37. The van der Waals surface area contributed by atoms with E-state index in [-0.39, 0.29) is 18.4 Å². The van der Waals surface area contributed by atoms with Crippen molar-refractivity contribution in [1.29, 1.82) is 0 Å². The Bertz CT molecular complexity index is 990. The predicted molar refractivity (Wildman–Crippen MR) is 117 cm³/mol. The van der Waals surface area contributed by atoms with Crippen molar-refractivity contribution in [3.8, 4) is 0 Å². The number of carbonyl (C=O) groups is 3. The molecule has 1 spiro atoms. The molecule has 1 saturated heterocycles. The third-order valence-corrected chi connectivity index (χ3v) is 6.81. The molecule has 2 N–H and O–H groups in total. The molecule has 1 aliphatic carbocycles. The zero-order valence-corrected chi connectivity index (χ0v) is 18.3. The highest BCUT2D eigenvalue weighted by molar-refractivity contribution is 6.09. The first-order valence-electron chi connectivity index (χ1n) is 11.3. The topological polar surface area (TPSA) is 96.3 Å². The largest absolute Gasteiger partial charge is 0.354 e. The smallest absolute Gasteiger partial charge is 0.325 e. The van der Waals surface area contributed by atoms with Crippen molar-refractivity contribution in [3.63, 3.8) is 0 Å². The van der Waals surface area contributed by atoms with Crippen LogP contribution in [0.5, 0.6) is 0 Å². The van der Waals surface area contributed by atoms with Gasteiger partial charge in [-0.25, -0.2) is 9.78 Å². The summed E-state index contributed by atoms with van der Waals surface area (Å²) in [5.41, 5.74) is 1.24. The number of hydrogen-bond acceptors (Lipinski definition) is 4. The number of fused-ring (bicyclic) bond motifs is 1. The number of aryl methyl sites for hydroxylation is 2. The summed E-state index contributed by atoms with van der Waals surface area (Å²) in [6.45, 7) is 5.11. The number of carbonyl (C=O) groups excluding carboxylic acids is 3. The lowest BCUT2D eigenvalue weighted by molar-refractivity contribution is -0.136. The van der Waals surface area contributed by atoms with Crippen molar-refractivity contribution in [3.05, 3.63) is 30.1 Å². The van der Waals surface area contributed by atoms with Gasteiger partial charge in [-0.3, -0.25) is 14.5 Å². The van der Waals surface area contributed by atoms with Gasteiger partial charge in [0.05, 0.1) is 11.0 Å². The molecule has 0 atom stereocenters. The lowest BCUT2D eigenvalue weighted by Crippen LogP contribution is -2.50. The second kappa shape index (κ2) is 8.69. The molecule has 1 saturated carbocycles. The van der Waals surface area contributed by atoms with Gasteiger partial charge in [0.25, 0.3) is 5.91 Å². The molecule has 0 radical (unpaired) electrons. The van der Waals surface area contributed by atoms with Gasteiger partial charge in [0.2, 0.25) is 5.91 Å². The van der Waals surface area contributed by atoms with E-state index in [0.717, 1.165) is 54.0 Å². The quantitative estimate of drug-likeness (QED) is 0.527. The van der Waals surface area contributed by atoms with E-state index in [1.807, 2.05) is 31.2 Å². The van der Waals surface area contributed by atoms with E-state index < -0.39 is 11.6 Å². The van der Waals surface area contributed by atoms with E-state index in [9.17, 15) is 14.4 Å². The van der Waals surface area contributed by atoms with Gasteiger partial charge in [0.1, 0.15) is 17.9 Å².